The van der Waals surface area contributed by atoms with Gasteiger partial charge in [0.25, 0.3) is 0 Å². The first kappa shape index (κ1) is 17.1. The Labute approximate surface area is 150 Å². The Morgan fingerprint density at radius 1 is 1.33 bits per heavy atom. The molecule has 2 aromatic rings. The molecule has 6 heteroatoms. The molecule has 1 aliphatic heterocycles. The molecule has 126 valence electrons. The van der Waals surface area contributed by atoms with Crippen LogP contribution in [-0.4, -0.2) is 18.5 Å². The van der Waals surface area contributed by atoms with Gasteiger partial charge >= 0.3 is 5.97 Å². The van der Waals surface area contributed by atoms with Gasteiger partial charge in [-0.05, 0) is 30.0 Å². The van der Waals surface area contributed by atoms with Crippen LogP contribution in [-0.2, 0) is 22.7 Å². The number of hydrogen-bond acceptors (Lipinski definition) is 5. The molecular formula is C18H17ClO4S. The summed E-state index contributed by atoms with van der Waals surface area (Å²) in [4.78, 5) is 13.4. The Morgan fingerprint density at radius 2 is 2.17 bits per heavy atom. The van der Waals surface area contributed by atoms with E-state index >= 15 is 0 Å². The van der Waals surface area contributed by atoms with Gasteiger partial charge in [0.05, 0.1) is 12.2 Å². The lowest BCUT2D eigenvalue weighted by Crippen LogP contribution is -2.14. The number of hydrogen-bond donors (Lipinski definition) is 0. The topological polar surface area (TPSA) is 44.8 Å². The normalized spacial score (nSPS) is 13.1. The van der Waals surface area contributed by atoms with E-state index in [1.54, 1.807) is 30.0 Å². The summed E-state index contributed by atoms with van der Waals surface area (Å²) in [5.74, 6) is 1.22. The second kappa shape index (κ2) is 7.92. The molecule has 1 heterocycles. The summed E-state index contributed by atoms with van der Waals surface area (Å²) in [5.41, 5.74) is 2.18. The van der Waals surface area contributed by atoms with Crippen molar-refractivity contribution in [1.82, 2.24) is 0 Å². The summed E-state index contributed by atoms with van der Waals surface area (Å²) in [7, 11) is 0. The van der Waals surface area contributed by atoms with Crippen LogP contribution in [0.2, 0.25) is 5.02 Å². The minimum absolute atomic E-state index is 0.104. The predicted octanol–water partition coefficient (Wildman–Crippen LogP) is 4.68. The Kier molecular flexibility index (Phi) is 5.66. The number of fused-ring (bicyclic) bond motifs is 1. The molecule has 0 amide bonds. The molecule has 0 aliphatic carbocycles. The van der Waals surface area contributed by atoms with E-state index in [1.807, 2.05) is 25.1 Å². The molecule has 0 aromatic heterocycles. The molecule has 0 saturated heterocycles. The van der Waals surface area contributed by atoms with Crippen LogP contribution < -0.4 is 4.74 Å². The summed E-state index contributed by atoms with van der Waals surface area (Å²) < 4.78 is 16.3. The van der Waals surface area contributed by atoms with Gasteiger partial charge in [0.1, 0.15) is 12.4 Å². The van der Waals surface area contributed by atoms with Gasteiger partial charge in [-0.1, -0.05) is 30.7 Å². The number of esters is 1. The number of carbonyl (C=O) groups excluding carboxylic acids is 1. The third kappa shape index (κ3) is 3.86. The molecule has 0 saturated carbocycles. The molecule has 0 atom stereocenters. The predicted molar refractivity (Wildman–Crippen MR) is 93.7 cm³/mol. The highest BCUT2D eigenvalue weighted by Crippen LogP contribution is 2.32. The van der Waals surface area contributed by atoms with Crippen molar-refractivity contribution in [3.63, 3.8) is 0 Å². The summed E-state index contributed by atoms with van der Waals surface area (Å²) >= 11 is 7.74. The molecule has 1 aliphatic rings. The summed E-state index contributed by atoms with van der Waals surface area (Å²) in [5, 5.41) is 0.566. The lowest BCUT2D eigenvalue weighted by atomic mass is 10.1. The molecule has 0 fully saturated rings. The summed E-state index contributed by atoms with van der Waals surface area (Å²) in [6.45, 7) is 2.77. The summed E-state index contributed by atoms with van der Waals surface area (Å²) in [6.07, 6.45) is 0. The average Bonchev–Trinajstić information content (AvgIpc) is 2.60. The van der Waals surface area contributed by atoms with Crippen LogP contribution in [0.25, 0.3) is 0 Å². The fraction of sp³-hybridized carbons (Fsp3) is 0.278. The van der Waals surface area contributed by atoms with Crippen molar-refractivity contribution >= 4 is 29.3 Å². The third-order valence-electron chi connectivity index (χ3n) is 3.52. The monoisotopic (exact) mass is 364 g/mol. The van der Waals surface area contributed by atoms with E-state index in [0.717, 1.165) is 21.8 Å². The van der Waals surface area contributed by atoms with Crippen molar-refractivity contribution in [2.75, 3.05) is 12.5 Å². The van der Waals surface area contributed by atoms with Crippen LogP contribution in [0.1, 0.15) is 28.4 Å². The van der Waals surface area contributed by atoms with E-state index < -0.39 is 0 Å². The van der Waals surface area contributed by atoms with Crippen molar-refractivity contribution < 1.29 is 19.0 Å². The molecule has 0 spiro atoms. The van der Waals surface area contributed by atoms with E-state index in [4.69, 9.17) is 25.8 Å². The average molecular weight is 365 g/mol. The first-order valence-electron chi connectivity index (χ1n) is 7.60. The summed E-state index contributed by atoms with van der Waals surface area (Å²) in [6, 6.07) is 11.0. The minimum atomic E-state index is -0.354. The number of rotatable bonds is 5. The zero-order valence-corrected chi connectivity index (χ0v) is 14.8. The Hall–Kier alpha value is -1.69. The molecule has 0 N–H and O–H groups in total. The van der Waals surface area contributed by atoms with E-state index in [0.29, 0.717) is 22.9 Å². The molecule has 0 unspecified atom stereocenters. The largest absolute Gasteiger partial charge is 0.467 e. The highest BCUT2D eigenvalue weighted by atomic mass is 35.5. The van der Waals surface area contributed by atoms with Crippen molar-refractivity contribution in [3.8, 4) is 5.75 Å². The third-order valence-corrected chi connectivity index (χ3v) is 4.69. The first-order chi connectivity index (χ1) is 11.7. The molecule has 3 rings (SSSR count). The maximum absolute atomic E-state index is 12.4. The van der Waals surface area contributed by atoms with Crippen molar-refractivity contribution in [2.45, 2.75) is 25.0 Å². The number of ether oxygens (including phenoxy) is 3. The molecule has 4 nitrogen and oxygen atoms in total. The van der Waals surface area contributed by atoms with Gasteiger partial charge in [-0.25, -0.2) is 4.79 Å². The van der Waals surface area contributed by atoms with Gasteiger partial charge in [-0.15, -0.1) is 11.8 Å². The standard InChI is InChI=1S/C18H17ClO4S/c1-2-24-16-6-4-3-5-15(16)18(20)22-10-13-8-14(19)7-12-9-21-11-23-17(12)13/h3-8H,2,9-11H2,1H3. The Morgan fingerprint density at radius 3 is 3.00 bits per heavy atom. The van der Waals surface area contributed by atoms with Gasteiger partial charge in [0.15, 0.2) is 6.79 Å². The fourth-order valence-corrected chi connectivity index (χ4v) is 3.56. The van der Waals surface area contributed by atoms with Crippen molar-refractivity contribution in [2.24, 2.45) is 0 Å². The van der Waals surface area contributed by atoms with E-state index in [-0.39, 0.29) is 19.4 Å². The van der Waals surface area contributed by atoms with Gasteiger partial charge in [0, 0.05) is 21.0 Å². The van der Waals surface area contributed by atoms with Crippen LogP contribution in [0.4, 0.5) is 0 Å². The van der Waals surface area contributed by atoms with Gasteiger partial charge in [-0.2, -0.15) is 0 Å². The van der Waals surface area contributed by atoms with Gasteiger partial charge in [0.2, 0.25) is 0 Å². The highest BCUT2D eigenvalue weighted by molar-refractivity contribution is 7.99. The number of benzene rings is 2. The second-order valence-electron chi connectivity index (χ2n) is 5.17. The van der Waals surface area contributed by atoms with E-state index in [1.165, 1.54) is 0 Å². The quantitative estimate of drug-likeness (QED) is 0.569. The molecular weight excluding hydrogens is 348 g/mol. The maximum Gasteiger partial charge on any atom is 0.339 e. The highest BCUT2D eigenvalue weighted by Gasteiger charge is 2.19. The lowest BCUT2D eigenvalue weighted by Gasteiger charge is -2.21. The zero-order chi connectivity index (χ0) is 16.9. The zero-order valence-electron chi connectivity index (χ0n) is 13.2. The van der Waals surface area contributed by atoms with Crippen molar-refractivity contribution in [1.29, 1.82) is 0 Å². The van der Waals surface area contributed by atoms with Crippen LogP contribution >= 0.6 is 23.4 Å². The van der Waals surface area contributed by atoms with Crippen LogP contribution in [0, 0.1) is 0 Å². The first-order valence-corrected chi connectivity index (χ1v) is 8.96. The Balaban J connectivity index is 1.77. The van der Waals surface area contributed by atoms with Gasteiger partial charge < -0.3 is 14.2 Å². The lowest BCUT2D eigenvalue weighted by molar-refractivity contribution is -0.0180. The molecule has 24 heavy (non-hydrogen) atoms. The number of halogens is 1. The fourth-order valence-electron chi connectivity index (χ4n) is 2.50. The SMILES string of the molecule is CCSc1ccccc1C(=O)OCc1cc(Cl)cc2c1OCOC2. The van der Waals surface area contributed by atoms with Gasteiger partial charge in [-0.3, -0.25) is 0 Å². The van der Waals surface area contributed by atoms with Crippen molar-refractivity contribution in [3.05, 3.63) is 58.1 Å². The van der Waals surface area contributed by atoms with E-state index in [2.05, 4.69) is 0 Å². The van der Waals surface area contributed by atoms with Crippen LogP contribution in [0.3, 0.4) is 0 Å². The van der Waals surface area contributed by atoms with Crippen LogP contribution in [0.15, 0.2) is 41.3 Å². The number of thioether (sulfide) groups is 1. The second-order valence-corrected chi connectivity index (χ2v) is 6.91. The number of carbonyl (C=O) groups is 1. The molecule has 2 aromatic carbocycles. The van der Waals surface area contributed by atoms with E-state index in [9.17, 15) is 4.79 Å². The molecule has 0 radical (unpaired) electrons. The smallest absolute Gasteiger partial charge is 0.339 e. The minimum Gasteiger partial charge on any atom is -0.467 e. The van der Waals surface area contributed by atoms with Crippen LogP contribution in [0.5, 0.6) is 5.75 Å². The Bertz CT molecular complexity index is 748. The maximum atomic E-state index is 12.4. The molecule has 0 bridgehead atoms.